The van der Waals surface area contributed by atoms with E-state index in [9.17, 15) is 5.11 Å². The summed E-state index contributed by atoms with van der Waals surface area (Å²) in [5.41, 5.74) is 3.61. The summed E-state index contributed by atoms with van der Waals surface area (Å²) >= 11 is 0. The first-order chi connectivity index (χ1) is 11.7. The third-order valence-electron chi connectivity index (χ3n) is 4.55. The molecule has 0 aliphatic carbocycles. The Labute approximate surface area is 143 Å². The third-order valence-corrected chi connectivity index (χ3v) is 4.55. The number of β-amino-alcohol motifs (C(OH)–C–C–N with tert-alkyl or cyclic N) is 1. The zero-order chi connectivity index (χ0) is 16.9. The van der Waals surface area contributed by atoms with Gasteiger partial charge in [-0.1, -0.05) is 36.4 Å². The van der Waals surface area contributed by atoms with Gasteiger partial charge >= 0.3 is 0 Å². The van der Waals surface area contributed by atoms with Crippen molar-refractivity contribution in [2.45, 2.75) is 31.7 Å². The van der Waals surface area contributed by atoms with Crippen LogP contribution in [0.25, 0.3) is 0 Å². The molecule has 24 heavy (non-hydrogen) atoms. The molecule has 128 valence electrons. The minimum absolute atomic E-state index is 0.209. The predicted molar refractivity (Wildman–Crippen MR) is 93.9 cm³/mol. The molecule has 0 saturated carbocycles. The van der Waals surface area contributed by atoms with Crippen molar-refractivity contribution in [3.8, 4) is 5.75 Å². The normalized spacial score (nSPS) is 21.1. The van der Waals surface area contributed by atoms with E-state index >= 15 is 0 Å². The Hall–Kier alpha value is -1.88. The number of benzene rings is 2. The van der Waals surface area contributed by atoms with Gasteiger partial charge in [0.05, 0.1) is 19.8 Å². The second kappa shape index (κ2) is 7.79. The van der Waals surface area contributed by atoms with E-state index in [4.69, 9.17) is 9.47 Å². The molecule has 1 N–H and O–H groups in total. The highest BCUT2D eigenvalue weighted by atomic mass is 16.5. The van der Waals surface area contributed by atoms with Crippen molar-refractivity contribution in [2.75, 3.05) is 20.8 Å². The van der Waals surface area contributed by atoms with Gasteiger partial charge in [-0.15, -0.1) is 0 Å². The first kappa shape index (κ1) is 17.0. The van der Waals surface area contributed by atoms with E-state index < -0.39 is 0 Å². The van der Waals surface area contributed by atoms with Crippen LogP contribution in [-0.2, 0) is 17.9 Å². The fourth-order valence-electron chi connectivity index (χ4n) is 3.47. The van der Waals surface area contributed by atoms with Crippen LogP contribution in [0.15, 0.2) is 48.5 Å². The Morgan fingerprint density at radius 1 is 1.08 bits per heavy atom. The van der Waals surface area contributed by atoms with Crippen molar-refractivity contribution in [1.82, 2.24) is 4.90 Å². The van der Waals surface area contributed by atoms with Crippen LogP contribution in [0, 0.1) is 0 Å². The molecule has 2 aromatic carbocycles. The molecule has 0 unspecified atom stereocenters. The molecule has 1 heterocycles. The molecule has 4 heteroatoms. The smallest absolute Gasteiger partial charge is 0.119 e. The number of aliphatic hydroxyl groups excluding tert-OH is 1. The molecule has 0 aromatic heterocycles. The van der Waals surface area contributed by atoms with Gasteiger partial charge in [0.2, 0.25) is 0 Å². The molecule has 1 aliphatic heterocycles. The molecule has 4 nitrogen and oxygen atoms in total. The van der Waals surface area contributed by atoms with Gasteiger partial charge in [-0.3, -0.25) is 4.90 Å². The Morgan fingerprint density at radius 2 is 1.88 bits per heavy atom. The van der Waals surface area contributed by atoms with Crippen LogP contribution in [-0.4, -0.2) is 36.9 Å². The topological polar surface area (TPSA) is 41.9 Å². The molecule has 0 spiro atoms. The van der Waals surface area contributed by atoms with Gasteiger partial charge in [-0.2, -0.15) is 0 Å². The van der Waals surface area contributed by atoms with Gasteiger partial charge in [0.15, 0.2) is 0 Å². The van der Waals surface area contributed by atoms with Crippen LogP contribution in [0.4, 0.5) is 0 Å². The highest BCUT2D eigenvalue weighted by molar-refractivity contribution is 5.32. The predicted octanol–water partition coefficient (Wildman–Crippen LogP) is 3.15. The average Bonchev–Trinajstić information content (AvgIpc) is 2.96. The Bertz CT molecular complexity index is 673. The number of hydrogen-bond acceptors (Lipinski definition) is 4. The van der Waals surface area contributed by atoms with Gasteiger partial charge in [0, 0.05) is 26.2 Å². The highest BCUT2D eigenvalue weighted by Crippen LogP contribution is 2.34. The average molecular weight is 327 g/mol. The number of rotatable bonds is 6. The molecule has 1 fully saturated rings. The lowest BCUT2D eigenvalue weighted by atomic mass is 10.0. The van der Waals surface area contributed by atoms with Crippen molar-refractivity contribution in [3.05, 3.63) is 65.2 Å². The SMILES string of the molecule is COCc1cccc(CN2C[C@@H](O)C[C@@H]2c2cccc(OC)c2)c1. The standard InChI is InChI=1S/C20H25NO3/c1-23-14-16-6-3-5-15(9-16)12-21-13-18(22)11-20(21)17-7-4-8-19(10-17)24-2/h3-10,18,20,22H,11-14H2,1-2H3/t18-,20+/m0/s1. The summed E-state index contributed by atoms with van der Waals surface area (Å²) in [4.78, 5) is 2.34. The van der Waals surface area contributed by atoms with Crippen LogP contribution in [0.5, 0.6) is 5.75 Å². The van der Waals surface area contributed by atoms with E-state index in [-0.39, 0.29) is 12.1 Å². The maximum atomic E-state index is 10.2. The maximum absolute atomic E-state index is 10.2. The second-order valence-corrected chi connectivity index (χ2v) is 6.36. The summed E-state index contributed by atoms with van der Waals surface area (Å²) in [6.45, 7) is 2.13. The molecule has 2 atom stereocenters. The molecule has 0 bridgehead atoms. The molecular weight excluding hydrogens is 302 g/mol. The first-order valence-corrected chi connectivity index (χ1v) is 8.32. The summed E-state index contributed by atoms with van der Waals surface area (Å²) in [7, 11) is 3.39. The van der Waals surface area contributed by atoms with Gasteiger partial charge in [-0.05, 0) is 35.2 Å². The van der Waals surface area contributed by atoms with Crippen LogP contribution in [0.1, 0.15) is 29.2 Å². The minimum Gasteiger partial charge on any atom is -0.497 e. The van der Waals surface area contributed by atoms with Crippen LogP contribution in [0.3, 0.4) is 0 Å². The van der Waals surface area contributed by atoms with E-state index in [1.54, 1.807) is 14.2 Å². The van der Waals surface area contributed by atoms with E-state index in [1.165, 1.54) is 16.7 Å². The minimum atomic E-state index is -0.289. The fraction of sp³-hybridized carbons (Fsp3) is 0.400. The van der Waals surface area contributed by atoms with Gasteiger partial charge in [0.25, 0.3) is 0 Å². The largest absolute Gasteiger partial charge is 0.497 e. The molecule has 2 aromatic rings. The lowest BCUT2D eigenvalue weighted by molar-refractivity contribution is 0.172. The quantitative estimate of drug-likeness (QED) is 0.885. The summed E-state index contributed by atoms with van der Waals surface area (Å²) in [5.74, 6) is 0.857. The van der Waals surface area contributed by atoms with Gasteiger partial charge < -0.3 is 14.6 Å². The molecular formula is C20H25NO3. The molecule has 1 aliphatic rings. The van der Waals surface area contributed by atoms with Crippen molar-refractivity contribution < 1.29 is 14.6 Å². The van der Waals surface area contributed by atoms with E-state index in [1.807, 2.05) is 12.1 Å². The van der Waals surface area contributed by atoms with Crippen LogP contribution in [0.2, 0.25) is 0 Å². The highest BCUT2D eigenvalue weighted by Gasteiger charge is 2.32. The number of nitrogens with zero attached hydrogens (tertiary/aromatic N) is 1. The number of ether oxygens (including phenoxy) is 2. The molecule has 0 radical (unpaired) electrons. The summed E-state index contributed by atoms with van der Waals surface area (Å²) in [5, 5.41) is 10.2. The lowest BCUT2D eigenvalue weighted by Crippen LogP contribution is -2.24. The summed E-state index contributed by atoms with van der Waals surface area (Å²) < 4.78 is 10.6. The zero-order valence-electron chi connectivity index (χ0n) is 14.3. The van der Waals surface area contributed by atoms with Crippen molar-refractivity contribution in [3.63, 3.8) is 0 Å². The number of hydrogen-bond donors (Lipinski definition) is 1. The van der Waals surface area contributed by atoms with E-state index in [0.29, 0.717) is 13.2 Å². The monoisotopic (exact) mass is 327 g/mol. The second-order valence-electron chi connectivity index (χ2n) is 6.36. The van der Waals surface area contributed by atoms with E-state index in [0.717, 1.165) is 18.7 Å². The maximum Gasteiger partial charge on any atom is 0.119 e. The summed E-state index contributed by atoms with van der Waals surface area (Å²) in [6, 6.07) is 16.8. The Kier molecular flexibility index (Phi) is 5.51. The Morgan fingerprint density at radius 3 is 2.67 bits per heavy atom. The Balaban J connectivity index is 1.79. The van der Waals surface area contributed by atoms with E-state index in [2.05, 4.69) is 41.3 Å². The molecule has 1 saturated heterocycles. The third kappa shape index (κ3) is 3.96. The summed E-state index contributed by atoms with van der Waals surface area (Å²) in [6.07, 6.45) is 0.466. The van der Waals surface area contributed by atoms with Gasteiger partial charge in [-0.25, -0.2) is 0 Å². The number of methoxy groups -OCH3 is 2. The van der Waals surface area contributed by atoms with Crippen molar-refractivity contribution >= 4 is 0 Å². The lowest BCUT2D eigenvalue weighted by Gasteiger charge is -2.25. The van der Waals surface area contributed by atoms with Crippen molar-refractivity contribution in [2.24, 2.45) is 0 Å². The number of likely N-dealkylation sites (tertiary alicyclic amines) is 1. The fourth-order valence-corrected chi connectivity index (χ4v) is 3.47. The van der Waals surface area contributed by atoms with Crippen LogP contribution < -0.4 is 4.74 Å². The van der Waals surface area contributed by atoms with Gasteiger partial charge in [0.1, 0.15) is 5.75 Å². The zero-order valence-corrected chi connectivity index (χ0v) is 14.3. The molecule has 3 rings (SSSR count). The number of aliphatic hydroxyl groups is 1. The van der Waals surface area contributed by atoms with Crippen LogP contribution >= 0.6 is 0 Å². The van der Waals surface area contributed by atoms with Crippen molar-refractivity contribution in [1.29, 1.82) is 0 Å². The first-order valence-electron chi connectivity index (χ1n) is 8.32. The molecule has 0 amide bonds.